The lowest BCUT2D eigenvalue weighted by molar-refractivity contribution is -0.125. The van der Waals surface area contributed by atoms with Crippen LogP contribution in [-0.2, 0) is 21.4 Å². The fourth-order valence-corrected chi connectivity index (χ4v) is 5.60. The van der Waals surface area contributed by atoms with Gasteiger partial charge in [-0.1, -0.05) is 42.1 Å². The highest BCUT2D eigenvalue weighted by Gasteiger charge is 2.40. The van der Waals surface area contributed by atoms with Crippen LogP contribution in [0.5, 0.6) is 0 Å². The van der Waals surface area contributed by atoms with Gasteiger partial charge in [-0.3, -0.25) is 14.5 Å². The molecule has 1 aromatic heterocycles. The number of nitrogens with zero attached hydrogens (tertiary/aromatic N) is 2. The first-order chi connectivity index (χ1) is 16.3. The van der Waals surface area contributed by atoms with Crippen LogP contribution >= 0.6 is 11.8 Å². The summed E-state index contributed by atoms with van der Waals surface area (Å²) in [5, 5.41) is 5.06. The molecule has 0 fully saturated rings. The average Bonchev–Trinajstić information content (AvgIpc) is 2.98. The number of aromatic nitrogens is 1. The smallest absolute Gasteiger partial charge is 0.247 e. The highest BCUT2D eigenvalue weighted by Crippen LogP contribution is 2.44. The number of amides is 2. The van der Waals surface area contributed by atoms with E-state index >= 15 is 0 Å². The first kappa shape index (κ1) is 24.4. The van der Waals surface area contributed by atoms with E-state index in [0.29, 0.717) is 19.6 Å². The van der Waals surface area contributed by atoms with E-state index in [2.05, 4.69) is 16.0 Å². The average molecular weight is 480 g/mol. The molecule has 6 nitrogen and oxygen atoms in total. The summed E-state index contributed by atoms with van der Waals surface area (Å²) < 4.78 is 7.72. The summed E-state index contributed by atoms with van der Waals surface area (Å²) >= 11 is 1.51. The second kappa shape index (κ2) is 10.2. The maximum absolute atomic E-state index is 13.8. The van der Waals surface area contributed by atoms with Crippen molar-refractivity contribution in [3.8, 4) is 0 Å². The summed E-state index contributed by atoms with van der Waals surface area (Å²) in [7, 11) is 2.00. The number of hydrogen-bond donors (Lipinski definition) is 1. The van der Waals surface area contributed by atoms with Crippen LogP contribution in [0, 0.1) is 13.8 Å². The van der Waals surface area contributed by atoms with Crippen molar-refractivity contribution in [2.75, 3.05) is 23.8 Å². The standard InChI is InChI=1S/C27H33N3O3S/c1-17(2)33-15-9-14-28-26(32)25-24-20-11-6-7-12-22(20)29(5)27(24)34-16-23(31)30(25)21-13-8-10-18(3)19(21)4/h6-8,10-13,17,25H,9,14-16H2,1-5H3,(H,28,32). The third kappa shape index (κ3) is 4.59. The number of nitrogens with one attached hydrogen (secondary N) is 1. The maximum atomic E-state index is 13.8. The molecule has 0 spiro atoms. The molecule has 0 bridgehead atoms. The van der Waals surface area contributed by atoms with Gasteiger partial charge >= 0.3 is 0 Å². The number of carbonyl (C=O) groups excluding carboxylic acids is 2. The van der Waals surface area contributed by atoms with Crippen molar-refractivity contribution >= 4 is 40.2 Å². The molecule has 3 aromatic rings. The van der Waals surface area contributed by atoms with Crippen molar-refractivity contribution < 1.29 is 14.3 Å². The van der Waals surface area contributed by atoms with Crippen molar-refractivity contribution in [1.82, 2.24) is 9.88 Å². The van der Waals surface area contributed by atoms with E-state index in [1.807, 2.05) is 71.1 Å². The molecule has 180 valence electrons. The number of hydrogen-bond acceptors (Lipinski definition) is 4. The molecule has 0 aliphatic carbocycles. The van der Waals surface area contributed by atoms with E-state index in [9.17, 15) is 9.59 Å². The van der Waals surface area contributed by atoms with Gasteiger partial charge in [-0.2, -0.15) is 0 Å². The maximum Gasteiger partial charge on any atom is 0.247 e. The van der Waals surface area contributed by atoms with Crippen LogP contribution in [0.15, 0.2) is 47.5 Å². The second-order valence-corrected chi connectivity index (χ2v) is 10.00. The predicted molar refractivity (Wildman–Crippen MR) is 139 cm³/mol. The van der Waals surface area contributed by atoms with Gasteiger partial charge in [0.05, 0.1) is 16.9 Å². The molecule has 1 aliphatic heterocycles. The number of benzene rings is 2. The van der Waals surface area contributed by atoms with Gasteiger partial charge in [0.2, 0.25) is 11.8 Å². The summed E-state index contributed by atoms with van der Waals surface area (Å²) in [6.45, 7) is 9.11. The van der Waals surface area contributed by atoms with E-state index in [1.54, 1.807) is 4.90 Å². The number of para-hydroxylation sites is 1. The van der Waals surface area contributed by atoms with Crippen molar-refractivity contribution in [1.29, 1.82) is 0 Å². The van der Waals surface area contributed by atoms with E-state index in [0.717, 1.165) is 38.3 Å². The fraction of sp³-hybridized carbons (Fsp3) is 0.407. The molecule has 2 aromatic carbocycles. The third-order valence-corrected chi connectivity index (χ3v) is 7.54. The zero-order chi connectivity index (χ0) is 24.4. The van der Waals surface area contributed by atoms with Crippen LogP contribution in [0.3, 0.4) is 0 Å². The summed E-state index contributed by atoms with van der Waals surface area (Å²) in [4.78, 5) is 29.1. The van der Waals surface area contributed by atoms with Crippen molar-refractivity contribution in [3.05, 3.63) is 59.2 Å². The van der Waals surface area contributed by atoms with Gasteiger partial charge in [0.25, 0.3) is 0 Å². The van der Waals surface area contributed by atoms with Gasteiger partial charge in [-0.25, -0.2) is 0 Å². The third-order valence-electron chi connectivity index (χ3n) is 6.38. The second-order valence-electron chi connectivity index (χ2n) is 9.03. The molecule has 1 unspecified atom stereocenters. The Morgan fingerprint density at radius 1 is 1.18 bits per heavy atom. The first-order valence-corrected chi connectivity index (χ1v) is 12.8. The van der Waals surface area contributed by atoms with Gasteiger partial charge in [-0.15, -0.1) is 0 Å². The Labute approximate surface area is 205 Å². The molecular weight excluding hydrogens is 446 g/mol. The zero-order valence-corrected chi connectivity index (χ0v) is 21.4. The van der Waals surface area contributed by atoms with Gasteiger partial charge in [0.15, 0.2) is 0 Å². The quantitative estimate of drug-likeness (QED) is 0.489. The minimum atomic E-state index is -0.755. The molecule has 1 aliphatic rings. The Balaban J connectivity index is 1.80. The fourth-order valence-electron chi connectivity index (χ4n) is 4.53. The Kier molecular flexibility index (Phi) is 7.33. The molecule has 4 rings (SSSR count). The largest absolute Gasteiger partial charge is 0.379 e. The van der Waals surface area contributed by atoms with Crippen LogP contribution < -0.4 is 10.2 Å². The molecular formula is C27H33N3O3S. The Bertz CT molecular complexity index is 1220. The summed E-state index contributed by atoms with van der Waals surface area (Å²) in [6, 6.07) is 13.3. The summed E-state index contributed by atoms with van der Waals surface area (Å²) in [5.41, 5.74) is 4.83. The van der Waals surface area contributed by atoms with E-state index in [1.165, 1.54) is 11.8 Å². The molecule has 2 amide bonds. The van der Waals surface area contributed by atoms with Crippen molar-refractivity contribution in [3.63, 3.8) is 0 Å². The van der Waals surface area contributed by atoms with Crippen LogP contribution in [0.25, 0.3) is 10.9 Å². The Morgan fingerprint density at radius 2 is 1.94 bits per heavy atom. The first-order valence-electron chi connectivity index (χ1n) is 11.8. The molecule has 0 saturated heterocycles. The number of aryl methyl sites for hydroxylation is 2. The van der Waals surface area contributed by atoms with E-state index < -0.39 is 6.04 Å². The lowest BCUT2D eigenvalue weighted by Crippen LogP contribution is -2.44. The normalized spacial score (nSPS) is 16.1. The predicted octanol–water partition coefficient (Wildman–Crippen LogP) is 4.91. The molecule has 0 saturated carbocycles. The van der Waals surface area contributed by atoms with Gasteiger partial charge in [0, 0.05) is 42.4 Å². The molecule has 34 heavy (non-hydrogen) atoms. The number of rotatable bonds is 7. The Morgan fingerprint density at radius 3 is 2.71 bits per heavy atom. The highest BCUT2D eigenvalue weighted by atomic mass is 32.2. The Hall–Kier alpha value is -2.77. The van der Waals surface area contributed by atoms with Gasteiger partial charge in [0.1, 0.15) is 6.04 Å². The molecule has 7 heteroatoms. The molecule has 2 heterocycles. The highest BCUT2D eigenvalue weighted by molar-refractivity contribution is 8.00. The minimum Gasteiger partial charge on any atom is -0.379 e. The number of anilines is 1. The van der Waals surface area contributed by atoms with Crippen LogP contribution in [-0.4, -0.2) is 41.4 Å². The van der Waals surface area contributed by atoms with Gasteiger partial charge in [-0.05, 0) is 57.4 Å². The number of carbonyl (C=O) groups is 2. The zero-order valence-electron chi connectivity index (χ0n) is 20.6. The summed E-state index contributed by atoms with van der Waals surface area (Å²) in [5.74, 6) is 0.0393. The minimum absolute atomic E-state index is 0.0673. The topological polar surface area (TPSA) is 63.6 Å². The number of ether oxygens (including phenoxy) is 1. The molecule has 0 radical (unpaired) electrons. The van der Waals surface area contributed by atoms with Crippen LogP contribution in [0.2, 0.25) is 0 Å². The van der Waals surface area contributed by atoms with Crippen molar-refractivity contribution in [2.24, 2.45) is 7.05 Å². The van der Waals surface area contributed by atoms with Crippen LogP contribution in [0.4, 0.5) is 5.69 Å². The van der Waals surface area contributed by atoms with E-state index in [-0.39, 0.29) is 23.7 Å². The van der Waals surface area contributed by atoms with E-state index in [4.69, 9.17) is 4.74 Å². The SMILES string of the molecule is Cc1cccc(N2C(=O)CSc3c(c4ccccc4n3C)C2C(=O)NCCCOC(C)C)c1C. The molecule has 1 N–H and O–H groups in total. The summed E-state index contributed by atoms with van der Waals surface area (Å²) in [6.07, 6.45) is 0.871. The molecule has 1 atom stereocenters. The van der Waals surface area contributed by atoms with Gasteiger partial charge < -0.3 is 14.6 Å². The number of fused-ring (bicyclic) bond motifs is 3. The monoisotopic (exact) mass is 479 g/mol. The van der Waals surface area contributed by atoms with Crippen LogP contribution in [0.1, 0.15) is 43.0 Å². The number of thioether (sulfide) groups is 1. The lowest BCUT2D eigenvalue weighted by atomic mass is 9.99. The lowest BCUT2D eigenvalue weighted by Gasteiger charge is -2.31. The van der Waals surface area contributed by atoms with Crippen molar-refractivity contribution in [2.45, 2.75) is 51.3 Å².